The fourth-order valence-electron chi connectivity index (χ4n) is 5.54. The van der Waals surface area contributed by atoms with Crippen LogP contribution in [-0.4, -0.2) is 45.3 Å². The van der Waals surface area contributed by atoms with Crippen molar-refractivity contribution in [2.45, 2.75) is 56.8 Å². The Morgan fingerprint density at radius 1 is 0.490 bits per heavy atom. The van der Waals surface area contributed by atoms with Crippen molar-refractivity contribution in [2.24, 2.45) is 0 Å². The van der Waals surface area contributed by atoms with Gasteiger partial charge in [0.05, 0.1) is 0 Å². The number of aliphatic carboxylic acids is 2. The van der Waals surface area contributed by atoms with Crippen molar-refractivity contribution >= 4 is 58.3 Å². The first-order valence-corrected chi connectivity index (χ1v) is 16.4. The van der Waals surface area contributed by atoms with Crippen LogP contribution in [0.2, 0.25) is 10.0 Å². The van der Waals surface area contributed by atoms with E-state index in [-0.39, 0.29) is 44.1 Å². The van der Waals surface area contributed by atoms with Crippen LogP contribution in [0, 0.1) is 0 Å². The van der Waals surface area contributed by atoms with Gasteiger partial charge in [0.2, 0.25) is 0 Å². The molecular weight excluding hydrogens is 667 g/mol. The maximum atomic E-state index is 13.0. The zero-order valence-electron chi connectivity index (χ0n) is 26.4. The lowest BCUT2D eigenvalue weighted by atomic mass is 9.89. The molecule has 0 radical (unpaired) electrons. The number of Topliss-reactive ketones (excluding diaryl/α,β-unsaturated/α-hetero) is 4. The summed E-state index contributed by atoms with van der Waals surface area (Å²) in [6.45, 7) is 0. The average molecular weight is 702 g/mol. The highest BCUT2D eigenvalue weighted by molar-refractivity contribution is 6.30. The summed E-state index contributed by atoms with van der Waals surface area (Å²) in [4.78, 5) is 75.1. The van der Waals surface area contributed by atoms with Crippen LogP contribution in [0.15, 0.2) is 97.1 Å². The van der Waals surface area contributed by atoms with Crippen LogP contribution in [-0.2, 0) is 35.2 Å². The van der Waals surface area contributed by atoms with Crippen LogP contribution in [0.25, 0.3) is 11.1 Å². The topological polar surface area (TPSA) is 143 Å². The molecule has 0 fully saturated rings. The summed E-state index contributed by atoms with van der Waals surface area (Å²) >= 11 is 11.9. The van der Waals surface area contributed by atoms with Crippen molar-refractivity contribution < 1.29 is 39.0 Å². The molecule has 0 aromatic heterocycles. The van der Waals surface area contributed by atoms with E-state index < -0.39 is 46.9 Å². The first-order chi connectivity index (χ1) is 23.4. The van der Waals surface area contributed by atoms with Gasteiger partial charge in [-0.25, -0.2) is 0 Å². The van der Waals surface area contributed by atoms with E-state index in [0.29, 0.717) is 27.6 Å². The lowest BCUT2D eigenvalue weighted by molar-refractivity contribution is -0.144. The van der Waals surface area contributed by atoms with Crippen molar-refractivity contribution in [3.05, 3.63) is 129 Å². The maximum absolute atomic E-state index is 13.0. The van der Waals surface area contributed by atoms with E-state index >= 15 is 0 Å². The number of carbonyl (C=O) groups is 6. The fraction of sp³-hybridized carbons (Fsp3) is 0.231. The van der Waals surface area contributed by atoms with Gasteiger partial charge in [-0.05, 0) is 70.1 Å². The molecule has 10 heteroatoms. The Bertz CT molecular complexity index is 1850. The third-order valence-corrected chi connectivity index (χ3v) is 8.63. The normalized spacial score (nSPS) is 12.1. The standard InChI is InChI=1S/C39H34Cl2O8/c40-30-11-7-24(8-12-30)21-25-3-1-5-28(22-25)36(38(46)47)34(44)19-17-32(42)15-16-33(43)18-20-35(45)37(39(48)49)29-6-2-4-27(23-29)26-9-13-31(41)14-10-26/h1-14,22-23,36-37H,15-21H2,(H,46,47)(H,48,49). The highest BCUT2D eigenvalue weighted by Crippen LogP contribution is 2.28. The fourth-order valence-corrected chi connectivity index (χ4v) is 5.79. The van der Waals surface area contributed by atoms with Crippen LogP contribution in [0.5, 0.6) is 0 Å². The molecule has 49 heavy (non-hydrogen) atoms. The number of carboxylic acids is 2. The number of benzene rings is 4. The average Bonchev–Trinajstić information content (AvgIpc) is 3.07. The predicted octanol–water partition coefficient (Wildman–Crippen LogP) is 7.90. The molecule has 252 valence electrons. The quantitative estimate of drug-likeness (QED) is 0.0997. The molecule has 2 N–H and O–H groups in total. The summed E-state index contributed by atoms with van der Waals surface area (Å²) in [5, 5.41) is 20.8. The van der Waals surface area contributed by atoms with Gasteiger partial charge in [-0.1, -0.05) is 89.9 Å². The molecule has 4 aromatic rings. The van der Waals surface area contributed by atoms with Gasteiger partial charge in [0.1, 0.15) is 23.4 Å². The van der Waals surface area contributed by atoms with Crippen molar-refractivity contribution in [1.82, 2.24) is 0 Å². The number of hydrogen-bond donors (Lipinski definition) is 2. The minimum atomic E-state index is -1.46. The molecule has 0 amide bonds. The largest absolute Gasteiger partial charge is 0.480 e. The Morgan fingerprint density at radius 3 is 1.45 bits per heavy atom. The monoisotopic (exact) mass is 700 g/mol. The molecule has 0 saturated heterocycles. The minimum absolute atomic E-state index is 0.180. The van der Waals surface area contributed by atoms with Gasteiger partial charge in [0.15, 0.2) is 11.6 Å². The van der Waals surface area contributed by atoms with Gasteiger partial charge in [-0.2, -0.15) is 0 Å². The molecule has 2 atom stereocenters. The van der Waals surface area contributed by atoms with Gasteiger partial charge >= 0.3 is 11.9 Å². The smallest absolute Gasteiger partial charge is 0.318 e. The van der Waals surface area contributed by atoms with Gasteiger partial charge in [-0.15, -0.1) is 0 Å². The van der Waals surface area contributed by atoms with E-state index in [2.05, 4.69) is 0 Å². The van der Waals surface area contributed by atoms with Crippen LogP contribution < -0.4 is 0 Å². The van der Waals surface area contributed by atoms with E-state index in [1.54, 1.807) is 78.9 Å². The second kappa shape index (κ2) is 17.5. The van der Waals surface area contributed by atoms with Crippen molar-refractivity contribution in [1.29, 1.82) is 0 Å². The second-order valence-electron chi connectivity index (χ2n) is 11.7. The SMILES string of the molecule is O=C(CCC(=O)CCC(=O)C(C(=O)O)c1cccc(-c2ccc(Cl)cc2)c1)CCC(=O)C(C(=O)O)c1cccc(Cc2ccc(Cl)cc2)c1. The van der Waals surface area contributed by atoms with Crippen LogP contribution >= 0.6 is 23.2 Å². The van der Waals surface area contributed by atoms with Gasteiger partial charge in [0, 0.05) is 48.6 Å². The Balaban J connectivity index is 1.26. The number of halogens is 2. The molecule has 8 nitrogen and oxygen atoms in total. The van der Waals surface area contributed by atoms with E-state index in [4.69, 9.17) is 23.2 Å². The van der Waals surface area contributed by atoms with Crippen LogP contribution in [0.3, 0.4) is 0 Å². The third-order valence-electron chi connectivity index (χ3n) is 8.12. The maximum Gasteiger partial charge on any atom is 0.318 e. The molecule has 0 bridgehead atoms. The number of carboxylic acid groups (broad SMARTS) is 2. The highest BCUT2D eigenvalue weighted by atomic mass is 35.5. The predicted molar refractivity (Wildman–Crippen MR) is 186 cm³/mol. The van der Waals surface area contributed by atoms with Gasteiger partial charge in [-0.3, -0.25) is 28.8 Å². The first-order valence-electron chi connectivity index (χ1n) is 15.6. The summed E-state index contributed by atoms with van der Waals surface area (Å²) in [6, 6.07) is 27.6. The molecule has 0 aliphatic heterocycles. The molecule has 2 unspecified atom stereocenters. The van der Waals surface area contributed by atoms with Crippen LogP contribution in [0.1, 0.15) is 72.6 Å². The molecule has 0 aliphatic rings. The second-order valence-corrected chi connectivity index (χ2v) is 12.6. The molecule has 0 heterocycles. The minimum Gasteiger partial charge on any atom is -0.480 e. The molecule has 0 aliphatic carbocycles. The first kappa shape index (κ1) is 36.9. The molecule has 4 rings (SSSR count). The van der Waals surface area contributed by atoms with Crippen molar-refractivity contribution in [2.75, 3.05) is 0 Å². The van der Waals surface area contributed by atoms with E-state index in [0.717, 1.165) is 16.7 Å². The Hall–Kier alpha value is -4.92. The summed E-state index contributed by atoms with van der Waals surface area (Å²) in [5.41, 5.74) is 3.87. The molecular formula is C39H34Cl2O8. The summed E-state index contributed by atoms with van der Waals surface area (Å²) in [5.74, 6) is -7.61. The molecule has 0 saturated carbocycles. The highest BCUT2D eigenvalue weighted by Gasteiger charge is 2.30. The number of ketones is 4. The Labute approximate surface area is 293 Å². The third kappa shape index (κ3) is 10.8. The molecule has 0 spiro atoms. The lowest BCUT2D eigenvalue weighted by Crippen LogP contribution is -2.23. The number of carbonyl (C=O) groups excluding carboxylic acids is 4. The number of hydrogen-bond acceptors (Lipinski definition) is 6. The van der Waals surface area contributed by atoms with Crippen molar-refractivity contribution in [3.8, 4) is 11.1 Å². The van der Waals surface area contributed by atoms with Crippen LogP contribution in [0.4, 0.5) is 0 Å². The summed E-state index contributed by atoms with van der Waals surface area (Å²) in [7, 11) is 0. The summed E-state index contributed by atoms with van der Waals surface area (Å²) < 4.78 is 0. The number of rotatable bonds is 18. The molecule has 4 aromatic carbocycles. The Kier molecular flexibility index (Phi) is 13.2. The van der Waals surface area contributed by atoms with E-state index in [1.165, 1.54) is 0 Å². The Morgan fingerprint density at radius 2 is 0.939 bits per heavy atom. The van der Waals surface area contributed by atoms with Gasteiger partial charge < -0.3 is 10.2 Å². The van der Waals surface area contributed by atoms with Crippen molar-refractivity contribution in [3.63, 3.8) is 0 Å². The zero-order valence-corrected chi connectivity index (χ0v) is 28.0. The zero-order chi connectivity index (χ0) is 35.5. The summed E-state index contributed by atoms with van der Waals surface area (Å²) in [6.07, 6.45) is -0.939. The van der Waals surface area contributed by atoms with E-state index in [1.807, 2.05) is 18.2 Å². The lowest BCUT2D eigenvalue weighted by Gasteiger charge is -2.14. The van der Waals surface area contributed by atoms with Gasteiger partial charge in [0.25, 0.3) is 0 Å². The van der Waals surface area contributed by atoms with E-state index in [9.17, 15) is 39.0 Å².